The van der Waals surface area contributed by atoms with Gasteiger partial charge in [0.2, 0.25) is 0 Å². The lowest BCUT2D eigenvalue weighted by molar-refractivity contribution is 0.107. The molecule has 0 atom stereocenters. The van der Waals surface area contributed by atoms with Crippen molar-refractivity contribution in [1.29, 1.82) is 0 Å². The van der Waals surface area contributed by atoms with Crippen LogP contribution in [-0.2, 0) is 0 Å². The predicted octanol–water partition coefficient (Wildman–Crippen LogP) is 2.76. The highest BCUT2D eigenvalue weighted by atomic mass is 15.1. The topological polar surface area (TPSA) is 3.24 Å². The highest BCUT2D eigenvalue weighted by molar-refractivity contribution is 4.79. The first-order chi connectivity index (χ1) is 5.49. The average Bonchev–Trinajstić information content (AvgIpc) is 1.82. The molecule has 0 aromatic rings. The van der Waals surface area contributed by atoms with Gasteiger partial charge in [0.1, 0.15) is 0 Å². The maximum absolute atomic E-state index is 2.62. The molecule has 1 aliphatic rings. The van der Waals surface area contributed by atoms with Crippen molar-refractivity contribution < 1.29 is 0 Å². The first-order valence-corrected chi connectivity index (χ1v) is 5.22. The molecule has 0 bridgehead atoms. The Morgan fingerprint density at radius 2 is 2.00 bits per heavy atom. The zero-order chi connectivity index (χ0) is 9.19. The van der Waals surface area contributed by atoms with E-state index >= 15 is 0 Å². The summed E-state index contributed by atoms with van der Waals surface area (Å²) in [6, 6.07) is 0. The van der Waals surface area contributed by atoms with E-state index < -0.39 is 0 Å². The van der Waals surface area contributed by atoms with Gasteiger partial charge in [0.05, 0.1) is 0 Å². The Morgan fingerprint density at radius 1 is 1.33 bits per heavy atom. The molecule has 1 heterocycles. The monoisotopic (exact) mass is 169 g/mol. The van der Waals surface area contributed by atoms with E-state index in [1.165, 1.54) is 32.5 Å². The van der Waals surface area contributed by atoms with Gasteiger partial charge in [-0.2, -0.15) is 0 Å². The Labute approximate surface area is 77.1 Å². The van der Waals surface area contributed by atoms with Crippen molar-refractivity contribution in [2.45, 2.75) is 40.5 Å². The number of piperidine rings is 1. The summed E-state index contributed by atoms with van der Waals surface area (Å²) in [6.45, 7) is 13.3. The van der Waals surface area contributed by atoms with Crippen molar-refractivity contribution in [1.82, 2.24) is 4.90 Å². The minimum atomic E-state index is 0.563. The van der Waals surface area contributed by atoms with Crippen molar-refractivity contribution >= 4 is 0 Å². The molecule has 0 spiro atoms. The molecule has 0 N–H and O–H groups in total. The molecule has 0 aliphatic carbocycles. The largest absolute Gasteiger partial charge is 0.303 e. The Hall–Kier alpha value is -0.0400. The molecule has 72 valence electrons. The van der Waals surface area contributed by atoms with Gasteiger partial charge in [0, 0.05) is 13.1 Å². The Balaban J connectivity index is 2.36. The number of hydrogen-bond acceptors (Lipinski definition) is 1. The van der Waals surface area contributed by atoms with Crippen LogP contribution in [0.1, 0.15) is 40.5 Å². The van der Waals surface area contributed by atoms with Crippen LogP contribution in [0.2, 0.25) is 0 Å². The summed E-state index contributed by atoms with van der Waals surface area (Å²) in [5, 5.41) is 0. The second-order valence-corrected chi connectivity index (χ2v) is 5.40. The Kier molecular flexibility index (Phi) is 3.16. The van der Waals surface area contributed by atoms with E-state index in [2.05, 4.69) is 32.6 Å². The molecular weight excluding hydrogens is 146 g/mol. The Bertz CT molecular complexity index is 138. The standard InChI is InChI=1S/C11H23N/c1-10(2)8-12-7-5-6-11(3,4)9-12/h10H,5-9H2,1-4H3. The average molecular weight is 169 g/mol. The van der Waals surface area contributed by atoms with Crippen LogP contribution >= 0.6 is 0 Å². The summed E-state index contributed by atoms with van der Waals surface area (Å²) < 4.78 is 0. The second-order valence-electron chi connectivity index (χ2n) is 5.40. The summed E-state index contributed by atoms with van der Waals surface area (Å²) in [7, 11) is 0. The summed E-state index contributed by atoms with van der Waals surface area (Å²) in [5.41, 5.74) is 0.563. The van der Waals surface area contributed by atoms with Gasteiger partial charge in [0.15, 0.2) is 0 Å². The maximum atomic E-state index is 2.62. The summed E-state index contributed by atoms with van der Waals surface area (Å²) in [5.74, 6) is 0.818. The second kappa shape index (κ2) is 3.78. The van der Waals surface area contributed by atoms with Gasteiger partial charge in [-0.25, -0.2) is 0 Å². The van der Waals surface area contributed by atoms with E-state index in [0.29, 0.717) is 5.41 Å². The number of rotatable bonds is 2. The summed E-state index contributed by atoms with van der Waals surface area (Å²) in [4.78, 5) is 2.62. The first-order valence-electron chi connectivity index (χ1n) is 5.22. The molecule has 0 unspecified atom stereocenters. The normalized spacial score (nSPS) is 24.8. The fourth-order valence-electron chi connectivity index (χ4n) is 2.22. The zero-order valence-corrected chi connectivity index (χ0v) is 9.06. The molecule has 0 radical (unpaired) electrons. The van der Waals surface area contributed by atoms with E-state index in [1.807, 2.05) is 0 Å². The molecule has 1 nitrogen and oxygen atoms in total. The molecule has 12 heavy (non-hydrogen) atoms. The molecule has 1 heteroatoms. The van der Waals surface area contributed by atoms with Crippen LogP contribution in [0, 0.1) is 11.3 Å². The zero-order valence-electron chi connectivity index (χ0n) is 9.06. The smallest absolute Gasteiger partial charge is 0.00328 e. The summed E-state index contributed by atoms with van der Waals surface area (Å²) >= 11 is 0. The fourth-order valence-corrected chi connectivity index (χ4v) is 2.22. The van der Waals surface area contributed by atoms with Gasteiger partial charge in [-0.15, -0.1) is 0 Å². The van der Waals surface area contributed by atoms with E-state index in [0.717, 1.165) is 5.92 Å². The molecule has 1 fully saturated rings. The molecule has 0 amide bonds. The lowest BCUT2D eigenvalue weighted by Crippen LogP contribution is -2.41. The molecular formula is C11H23N. The minimum absolute atomic E-state index is 0.563. The van der Waals surface area contributed by atoms with E-state index in [1.54, 1.807) is 0 Å². The van der Waals surface area contributed by atoms with Crippen LogP contribution in [0.3, 0.4) is 0 Å². The third-order valence-electron chi connectivity index (χ3n) is 2.60. The first kappa shape index (κ1) is 10.0. The molecule has 0 aromatic heterocycles. The number of nitrogens with zero attached hydrogens (tertiary/aromatic N) is 1. The van der Waals surface area contributed by atoms with Gasteiger partial charge in [0.25, 0.3) is 0 Å². The van der Waals surface area contributed by atoms with Crippen LogP contribution in [0.4, 0.5) is 0 Å². The van der Waals surface area contributed by atoms with Gasteiger partial charge in [-0.05, 0) is 30.7 Å². The molecule has 0 aromatic carbocycles. The van der Waals surface area contributed by atoms with Crippen LogP contribution in [0.15, 0.2) is 0 Å². The van der Waals surface area contributed by atoms with Crippen LogP contribution in [0.25, 0.3) is 0 Å². The van der Waals surface area contributed by atoms with Crippen LogP contribution in [0.5, 0.6) is 0 Å². The minimum Gasteiger partial charge on any atom is -0.303 e. The van der Waals surface area contributed by atoms with Crippen molar-refractivity contribution in [3.8, 4) is 0 Å². The number of likely N-dealkylation sites (tertiary alicyclic amines) is 1. The molecule has 1 rings (SSSR count). The third kappa shape index (κ3) is 3.14. The SMILES string of the molecule is CC(C)CN1CCCC(C)(C)C1. The highest BCUT2D eigenvalue weighted by Gasteiger charge is 2.26. The van der Waals surface area contributed by atoms with E-state index in [-0.39, 0.29) is 0 Å². The lowest BCUT2D eigenvalue weighted by atomic mass is 9.84. The molecule has 1 saturated heterocycles. The van der Waals surface area contributed by atoms with Gasteiger partial charge in [-0.3, -0.25) is 0 Å². The predicted molar refractivity (Wildman–Crippen MR) is 54.3 cm³/mol. The fraction of sp³-hybridized carbons (Fsp3) is 1.00. The van der Waals surface area contributed by atoms with Crippen molar-refractivity contribution in [2.24, 2.45) is 11.3 Å². The third-order valence-corrected chi connectivity index (χ3v) is 2.60. The van der Waals surface area contributed by atoms with Crippen molar-refractivity contribution in [3.63, 3.8) is 0 Å². The molecule has 0 saturated carbocycles. The van der Waals surface area contributed by atoms with Crippen LogP contribution < -0.4 is 0 Å². The van der Waals surface area contributed by atoms with Crippen molar-refractivity contribution in [2.75, 3.05) is 19.6 Å². The van der Waals surface area contributed by atoms with E-state index in [4.69, 9.17) is 0 Å². The van der Waals surface area contributed by atoms with Gasteiger partial charge in [-0.1, -0.05) is 27.7 Å². The van der Waals surface area contributed by atoms with E-state index in [9.17, 15) is 0 Å². The molecule has 1 aliphatic heterocycles. The Morgan fingerprint density at radius 3 is 2.50 bits per heavy atom. The highest BCUT2D eigenvalue weighted by Crippen LogP contribution is 2.28. The lowest BCUT2D eigenvalue weighted by Gasteiger charge is -2.38. The number of hydrogen-bond donors (Lipinski definition) is 0. The maximum Gasteiger partial charge on any atom is 0.00328 e. The van der Waals surface area contributed by atoms with Crippen LogP contribution in [-0.4, -0.2) is 24.5 Å². The van der Waals surface area contributed by atoms with Gasteiger partial charge < -0.3 is 4.90 Å². The van der Waals surface area contributed by atoms with Gasteiger partial charge >= 0.3 is 0 Å². The van der Waals surface area contributed by atoms with Crippen molar-refractivity contribution in [3.05, 3.63) is 0 Å². The quantitative estimate of drug-likeness (QED) is 0.614. The summed E-state index contributed by atoms with van der Waals surface area (Å²) in [6.07, 6.45) is 2.79.